The maximum atomic E-state index is 13.6. The normalized spacial score (nSPS) is 12.2. The number of hydrogen-bond acceptors (Lipinski definition) is 1. The molecule has 0 aliphatic rings. The lowest BCUT2D eigenvalue weighted by Gasteiger charge is -2.14. The topological polar surface area (TPSA) is 12.0 Å². The summed E-state index contributed by atoms with van der Waals surface area (Å²) in [6.45, 7) is 2.58. The van der Waals surface area contributed by atoms with E-state index in [2.05, 4.69) is 21.2 Å². The molecule has 19 heavy (non-hydrogen) atoms. The van der Waals surface area contributed by atoms with Crippen LogP contribution in [0.5, 0.6) is 0 Å². The average Bonchev–Trinajstić information content (AvgIpc) is 2.42. The smallest absolute Gasteiger partial charge is 0.147 e. The van der Waals surface area contributed by atoms with Gasteiger partial charge in [-0.05, 0) is 33.5 Å². The average molecular weight is 326 g/mol. The van der Waals surface area contributed by atoms with Crippen molar-refractivity contribution < 1.29 is 8.78 Å². The van der Waals surface area contributed by atoms with Gasteiger partial charge in [0.15, 0.2) is 0 Å². The quantitative estimate of drug-likeness (QED) is 0.785. The van der Waals surface area contributed by atoms with E-state index in [0.29, 0.717) is 6.54 Å². The summed E-state index contributed by atoms with van der Waals surface area (Å²) in [7, 11) is 0. The number of halogens is 3. The Kier molecular flexibility index (Phi) is 4.53. The van der Waals surface area contributed by atoms with Crippen molar-refractivity contribution in [2.45, 2.75) is 12.8 Å². The van der Waals surface area contributed by atoms with Gasteiger partial charge in [-0.1, -0.05) is 37.3 Å². The van der Waals surface area contributed by atoms with Gasteiger partial charge in [-0.2, -0.15) is 0 Å². The summed E-state index contributed by atoms with van der Waals surface area (Å²) in [4.78, 5) is 0. The minimum atomic E-state index is -0.476. The highest BCUT2D eigenvalue weighted by Gasteiger charge is 2.10. The van der Waals surface area contributed by atoms with Gasteiger partial charge in [-0.15, -0.1) is 0 Å². The first kappa shape index (κ1) is 14.0. The fourth-order valence-electron chi connectivity index (χ4n) is 1.82. The second-order valence-corrected chi connectivity index (χ2v) is 5.29. The van der Waals surface area contributed by atoms with E-state index in [1.54, 1.807) is 0 Å². The van der Waals surface area contributed by atoms with Gasteiger partial charge < -0.3 is 5.32 Å². The number of rotatable bonds is 4. The van der Waals surface area contributed by atoms with Crippen molar-refractivity contribution in [1.29, 1.82) is 0 Å². The maximum absolute atomic E-state index is 13.6. The zero-order chi connectivity index (χ0) is 13.8. The van der Waals surface area contributed by atoms with Crippen LogP contribution in [-0.4, -0.2) is 6.54 Å². The van der Waals surface area contributed by atoms with Crippen molar-refractivity contribution in [2.24, 2.45) is 0 Å². The third-order valence-corrected chi connectivity index (χ3v) is 3.58. The molecule has 0 spiro atoms. The van der Waals surface area contributed by atoms with Gasteiger partial charge in [0.1, 0.15) is 11.6 Å². The Morgan fingerprint density at radius 3 is 2.47 bits per heavy atom. The summed E-state index contributed by atoms with van der Waals surface area (Å²) in [6.07, 6.45) is 0. The lowest BCUT2D eigenvalue weighted by atomic mass is 10.0. The van der Waals surface area contributed by atoms with E-state index in [1.165, 1.54) is 0 Å². The molecular weight excluding hydrogens is 312 g/mol. The first-order valence-corrected chi connectivity index (χ1v) is 6.80. The lowest BCUT2D eigenvalue weighted by molar-refractivity contribution is 0.595. The van der Waals surface area contributed by atoms with Crippen LogP contribution in [0.4, 0.5) is 14.5 Å². The standard InChI is InChI=1S/C15H14BrF2N/c1-10(11-5-3-2-4-6-11)9-19-15-8-13(17)12(16)7-14(15)18/h2-8,10,19H,9H2,1H3. The second-order valence-electron chi connectivity index (χ2n) is 4.44. The Labute approximate surface area is 119 Å². The first-order chi connectivity index (χ1) is 9.08. The molecule has 4 heteroatoms. The highest BCUT2D eigenvalue weighted by molar-refractivity contribution is 9.10. The van der Waals surface area contributed by atoms with E-state index in [4.69, 9.17) is 0 Å². The number of hydrogen-bond donors (Lipinski definition) is 1. The number of benzene rings is 2. The zero-order valence-corrected chi connectivity index (χ0v) is 12.0. The lowest BCUT2D eigenvalue weighted by Crippen LogP contribution is -2.11. The predicted octanol–water partition coefficient (Wildman–Crippen LogP) is 4.94. The van der Waals surface area contributed by atoms with E-state index in [0.717, 1.165) is 17.7 Å². The van der Waals surface area contributed by atoms with Crippen molar-refractivity contribution >= 4 is 21.6 Å². The molecule has 1 atom stereocenters. The molecule has 0 bridgehead atoms. The Bertz CT molecular complexity index is 558. The fourth-order valence-corrected chi connectivity index (χ4v) is 2.14. The van der Waals surface area contributed by atoms with Crippen LogP contribution in [0.25, 0.3) is 0 Å². The molecule has 0 radical (unpaired) electrons. The van der Waals surface area contributed by atoms with Crippen LogP contribution in [0.1, 0.15) is 18.4 Å². The Hall–Kier alpha value is -1.42. The minimum absolute atomic E-state index is 0.131. The molecule has 0 saturated heterocycles. The van der Waals surface area contributed by atoms with Crippen molar-refractivity contribution in [3.63, 3.8) is 0 Å². The van der Waals surface area contributed by atoms with Gasteiger partial charge in [0.05, 0.1) is 10.2 Å². The van der Waals surface area contributed by atoms with Gasteiger partial charge in [-0.25, -0.2) is 8.78 Å². The molecule has 0 aromatic heterocycles. The Morgan fingerprint density at radius 2 is 1.79 bits per heavy atom. The van der Waals surface area contributed by atoms with E-state index in [9.17, 15) is 8.78 Å². The third kappa shape index (κ3) is 3.53. The minimum Gasteiger partial charge on any atom is -0.382 e. The predicted molar refractivity (Wildman–Crippen MR) is 77.4 cm³/mol. The van der Waals surface area contributed by atoms with E-state index in [1.807, 2.05) is 37.3 Å². The summed E-state index contributed by atoms with van der Waals surface area (Å²) in [5.74, 6) is -0.725. The molecule has 0 aliphatic heterocycles. The van der Waals surface area contributed by atoms with Crippen LogP contribution in [0.15, 0.2) is 46.9 Å². The molecule has 1 unspecified atom stereocenters. The van der Waals surface area contributed by atoms with E-state index < -0.39 is 11.6 Å². The monoisotopic (exact) mass is 325 g/mol. The van der Waals surface area contributed by atoms with Crippen molar-refractivity contribution in [2.75, 3.05) is 11.9 Å². The molecule has 1 nitrogen and oxygen atoms in total. The van der Waals surface area contributed by atoms with Crippen LogP contribution in [0.2, 0.25) is 0 Å². The maximum Gasteiger partial charge on any atom is 0.147 e. The SMILES string of the molecule is CC(CNc1cc(F)c(Br)cc1F)c1ccccc1. The van der Waals surface area contributed by atoms with E-state index in [-0.39, 0.29) is 16.1 Å². The van der Waals surface area contributed by atoms with Crippen LogP contribution < -0.4 is 5.32 Å². The molecule has 0 saturated carbocycles. The fraction of sp³-hybridized carbons (Fsp3) is 0.200. The molecule has 0 aliphatic carbocycles. The van der Waals surface area contributed by atoms with Crippen molar-refractivity contribution in [1.82, 2.24) is 0 Å². The molecule has 1 N–H and O–H groups in total. The largest absolute Gasteiger partial charge is 0.382 e. The molecule has 100 valence electrons. The molecular formula is C15H14BrF2N. The van der Waals surface area contributed by atoms with Gasteiger partial charge in [0, 0.05) is 12.6 Å². The van der Waals surface area contributed by atoms with Crippen molar-refractivity contribution in [3.8, 4) is 0 Å². The second kappa shape index (κ2) is 6.15. The Morgan fingerprint density at radius 1 is 1.11 bits per heavy atom. The molecule has 0 amide bonds. The summed E-state index contributed by atoms with van der Waals surface area (Å²) in [5.41, 5.74) is 1.34. The molecule has 2 aromatic carbocycles. The highest BCUT2D eigenvalue weighted by Crippen LogP contribution is 2.24. The first-order valence-electron chi connectivity index (χ1n) is 6.01. The van der Waals surface area contributed by atoms with Gasteiger partial charge in [-0.3, -0.25) is 0 Å². The summed E-state index contributed by atoms with van der Waals surface area (Å²) < 4.78 is 27.1. The third-order valence-electron chi connectivity index (χ3n) is 2.98. The zero-order valence-electron chi connectivity index (χ0n) is 10.5. The van der Waals surface area contributed by atoms with Crippen LogP contribution >= 0.6 is 15.9 Å². The Balaban J connectivity index is 2.05. The van der Waals surface area contributed by atoms with Crippen LogP contribution in [0.3, 0.4) is 0 Å². The molecule has 0 fully saturated rings. The molecule has 0 heterocycles. The number of anilines is 1. The van der Waals surface area contributed by atoms with Gasteiger partial charge in [0.2, 0.25) is 0 Å². The highest BCUT2D eigenvalue weighted by atomic mass is 79.9. The summed E-state index contributed by atoms with van der Waals surface area (Å²) in [6, 6.07) is 12.2. The summed E-state index contributed by atoms with van der Waals surface area (Å²) >= 11 is 2.95. The van der Waals surface area contributed by atoms with Crippen molar-refractivity contribution in [3.05, 3.63) is 64.1 Å². The molecule has 2 rings (SSSR count). The van der Waals surface area contributed by atoms with Crippen LogP contribution in [-0.2, 0) is 0 Å². The number of nitrogens with one attached hydrogen (secondary N) is 1. The van der Waals surface area contributed by atoms with E-state index >= 15 is 0 Å². The molecule has 2 aromatic rings. The van der Waals surface area contributed by atoms with Gasteiger partial charge >= 0.3 is 0 Å². The summed E-state index contributed by atoms with van der Waals surface area (Å²) in [5, 5.41) is 2.94. The van der Waals surface area contributed by atoms with Gasteiger partial charge in [0.25, 0.3) is 0 Å². The van der Waals surface area contributed by atoms with Crippen LogP contribution in [0, 0.1) is 11.6 Å².